The molecule has 0 fully saturated rings. The maximum absolute atomic E-state index is 5.30. The molecule has 0 unspecified atom stereocenters. The lowest BCUT2D eigenvalue weighted by atomic mass is 9.97. The number of para-hydroxylation sites is 3. The third-order valence-corrected chi connectivity index (χ3v) is 9.89. The quantitative estimate of drug-likeness (QED) is 0.176. The fraction of sp³-hybridized carbons (Fsp3) is 0. The minimum atomic E-state index is 0.888. The average Bonchev–Trinajstić information content (AvgIpc) is 3.64. The smallest absolute Gasteiger partial charge is 0.0951 e. The molecule has 0 saturated heterocycles. The van der Waals surface area contributed by atoms with Crippen molar-refractivity contribution in [2.45, 2.75) is 0 Å². The number of pyridine rings is 3. The van der Waals surface area contributed by atoms with Gasteiger partial charge in [-0.15, -0.1) is 0 Å². The first-order chi connectivity index (χ1) is 26.2. The monoisotopic (exact) mass is 677 g/mol. The Morgan fingerprint density at radius 1 is 0.321 bits per heavy atom. The van der Waals surface area contributed by atoms with Crippen LogP contribution in [0.15, 0.2) is 188 Å². The van der Waals surface area contributed by atoms with Crippen LogP contribution in [0.5, 0.6) is 0 Å². The number of benzene rings is 5. The van der Waals surface area contributed by atoms with Crippen LogP contribution in [0.1, 0.15) is 0 Å². The van der Waals surface area contributed by atoms with E-state index in [9.17, 15) is 0 Å². The summed E-state index contributed by atoms with van der Waals surface area (Å²) in [6.45, 7) is 0. The standard InChI is InChI=1S/C48H31N5/c1-3-16-45-37(10-1)31-47-48(52-42-15-2-4-17-46(42)53(45)47)38-12-9-11-36(28-38)44-30-39(32-18-20-33(21-19-32)40-13-5-7-26-49-40)29-43(51-44)35-24-22-34(23-25-35)41-14-6-8-27-50-41/h1-31H. The fourth-order valence-electron chi connectivity index (χ4n) is 7.26. The van der Waals surface area contributed by atoms with E-state index < -0.39 is 0 Å². The molecular weight excluding hydrogens is 647 g/mol. The SMILES string of the molecule is c1ccc(-c2ccc(-c3cc(-c4ccc(-c5ccccn5)cc4)nc(-c4cccc(-c5nc6ccccc6n6c5cc5ccccc56)c4)c3)cc2)nc1. The van der Waals surface area contributed by atoms with Gasteiger partial charge in [0.2, 0.25) is 0 Å². The van der Waals surface area contributed by atoms with E-state index in [1.54, 1.807) is 0 Å². The van der Waals surface area contributed by atoms with Gasteiger partial charge < -0.3 is 4.40 Å². The Hall–Kier alpha value is -7.24. The summed E-state index contributed by atoms with van der Waals surface area (Å²) in [6.07, 6.45) is 3.65. The zero-order valence-electron chi connectivity index (χ0n) is 28.6. The molecule has 0 N–H and O–H groups in total. The van der Waals surface area contributed by atoms with Gasteiger partial charge in [0, 0.05) is 45.6 Å². The van der Waals surface area contributed by atoms with Crippen molar-refractivity contribution in [2.24, 2.45) is 0 Å². The predicted octanol–water partition coefficient (Wildman–Crippen LogP) is 11.8. The molecule has 10 aromatic rings. The Kier molecular flexibility index (Phi) is 7.40. The van der Waals surface area contributed by atoms with E-state index >= 15 is 0 Å². The van der Waals surface area contributed by atoms with E-state index in [0.717, 1.165) is 84.0 Å². The van der Waals surface area contributed by atoms with Crippen LogP contribution < -0.4 is 0 Å². The molecular formula is C48H31N5. The highest BCUT2D eigenvalue weighted by molar-refractivity contribution is 5.99. The molecule has 0 radical (unpaired) electrons. The normalized spacial score (nSPS) is 11.4. The number of aromatic nitrogens is 5. The number of hydrogen-bond acceptors (Lipinski definition) is 4. The van der Waals surface area contributed by atoms with Crippen LogP contribution in [0, 0.1) is 0 Å². The third-order valence-electron chi connectivity index (χ3n) is 9.89. The van der Waals surface area contributed by atoms with Crippen LogP contribution in [0.2, 0.25) is 0 Å². The molecule has 10 rings (SSSR count). The van der Waals surface area contributed by atoms with Crippen molar-refractivity contribution < 1.29 is 0 Å². The molecule has 0 aliphatic carbocycles. The van der Waals surface area contributed by atoms with Gasteiger partial charge in [-0.05, 0) is 77.9 Å². The van der Waals surface area contributed by atoms with E-state index in [-0.39, 0.29) is 0 Å². The highest BCUT2D eigenvalue weighted by Crippen LogP contribution is 2.36. The summed E-state index contributed by atoms with van der Waals surface area (Å²) >= 11 is 0. The Bertz CT molecular complexity index is 2810. The maximum atomic E-state index is 5.30. The molecule has 0 saturated carbocycles. The van der Waals surface area contributed by atoms with Crippen LogP contribution in [-0.4, -0.2) is 24.3 Å². The minimum Gasteiger partial charge on any atom is -0.306 e. The van der Waals surface area contributed by atoms with E-state index in [2.05, 4.69) is 154 Å². The molecule has 0 bridgehead atoms. The molecule has 5 aromatic carbocycles. The van der Waals surface area contributed by atoms with Crippen molar-refractivity contribution in [2.75, 3.05) is 0 Å². The minimum absolute atomic E-state index is 0.888. The van der Waals surface area contributed by atoms with Gasteiger partial charge in [0.25, 0.3) is 0 Å². The highest BCUT2D eigenvalue weighted by atomic mass is 14.9. The second-order valence-corrected chi connectivity index (χ2v) is 13.2. The van der Waals surface area contributed by atoms with Gasteiger partial charge in [-0.3, -0.25) is 9.97 Å². The van der Waals surface area contributed by atoms with Crippen molar-refractivity contribution in [3.05, 3.63) is 188 Å². The Balaban J connectivity index is 1.12. The lowest BCUT2D eigenvalue weighted by molar-refractivity contribution is 1.27. The summed E-state index contributed by atoms with van der Waals surface area (Å²) in [6, 6.07) is 61.2. The van der Waals surface area contributed by atoms with Crippen molar-refractivity contribution in [1.82, 2.24) is 24.3 Å². The van der Waals surface area contributed by atoms with Crippen molar-refractivity contribution in [3.63, 3.8) is 0 Å². The summed E-state index contributed by atoms with van der Waals surface area (Å²) in [5.41, 5.74) is 16.3. The maximum Gasteiger partial charge on any atom is 0.0951 e. The molecule has 0 aliphatic rings. The molecule has 5 heterocycles. The van der Waals surface area contributed by atoms with E-state index in [0.29, 0.717) is 0 Å². The first-order valence-corrected chi connectivity index (χ1v) is 17.7. The molecule has 248 valence electrons. The second-order valence-electron chi connectivity index (χ2n) is 13.2. The Labute approximate surface area is 306 Å². The van der Waals surface area contributed by atoms with Gasteiger partial charge >= 0.3 is 0 Å². The van der Waals surface area contributed by atoms with E-state index in [1.807, 2.05) is 48.8 Å². The van der Waals surface area contributed by atoms with Gasteiger partial charge in [0.1, 0.15) is 0 Å². The first-order valence-electron chi connectivity index (χ1n) is 17.7. The molecule has 53 heavy (non-hydrogen) atoms. The lowest BCUT2D eigenvalue weighted by Gasteiger charge is -2.13. The molecule has 0 spiro atoms. The van der Waals surface area contributed by atoms with Crippen LogP contribution in [0.25, 0.3) is 94.9 Å². The summed E-state index contributed by atoms with van der Waals surface area (Å²) in [5, 5.41) is 1.19. The van der Waals surface area contributed by atoms with Gasteiger partial charge in [0.05, 0.1) is 50.5 Å². The van der Waals surface area contributed by atoms with Crippen LogP contribution in [0.4, 0.5) is 0 Å². The largest absolute Gasteiger partial charge is 0.306 e. The first kappa shape index (κ1) is 30.6. The Morgan fingerprint density at radius 2 is 0.887 bits per heavy atom. The molecule has 5 heteroatoms. The second kappa shape index (κ2) is 12.8. The zero-order valence-corrected chi connectivity index (χ0v) is 28.6. The van der Waals surface area contributed by atoms with Gasteiger partial charge in [-0.1, -0.05) is 109 Å². The zero-order chi connectivity index (χ0) is 35.1. The third kappa shape index (κ3) is 5.61. The predicted molar refractivity (Wildman–Crippen MR) is 216 cm³/mol. The molecule has 5 aromatic heterocycles. The molecule has 0 atom stereocenters. The average molecular weight is 678 g/mol. The number of fused-ring (bicyclic) bond motifs is 5. The van der Waals surface area contributed by atoms with E-state index in [4.69, 9.17) is 9.97 Å². The van der Waals surface area contributed by atoms with Crippen LogP contribution in [-0.2, 0) is 0 Å². The number of rotatable bonds is 6. The number of hydrogen-bond donors (Lipinski definition) is 0. The summed E-state index contributed by atoms with van der Waals surface area (Å²) < 4.78 is 2.33. The van der Waals surface area contributed by atoms with Gasteiger partial charge in [0.15, 0.2) is 0 Å². The van der Waals surface area contributed by atoms with Gasteiger partial charge in [-0.2, -0.15) is 0 Å². The topological polar surface area (TPSA) is 56.0 Å². The van der Waals surface area contributed by atoms with Gasteiger partial charge in [-0.25, -0.2) is 9.97 Å². The highest BCUT2D eigenvalue weighted by Gasteiger charge is 2.16. The summed E-state index contributed by atoms with van der Waals surface area (Å²) in [5.74, 6) is 0. The number of nitrogens with zero attached hydrogens (tertiary/aromatic N) is 5. The molecule has 0 aliphatic heterocycles. The molecule has 0 amide bonds. The van der Waals surface area contributed by atoms with Crippen LogP contribution >= 0.6 is 0 Å². The summed E-state index contributed by atoms with van der Waals surface area (Å²) in [7, 11) is 0. The lowest BCUT2D eigenvalue weighted by Crippen LogP contribution is -1.96. The van der Waals surface area contributed by atoms with Crippen molar-refractivity contribution in [3.8, 4) is 67.4 Å². The van der Waals surface area contributed by atoms with Crippen molar-refractivity contribution in [1.29, 1.82) is 0 Å². The Morgan fingerprint density at radius 3 is 1.57 bits per heavy atom. The van der Waals surface area contributed by atoms with E-state index in [1.165, 1.54) is 10.9 Å². The fourth-order valence-corrected chi connectivity index (χ4v) is 7.26. The molecule has 5 nitrogen and oxygen atoms in total. The summed E-state index contributed by atoms with van der Waals surface area (Å²) in [4.78, 5) is 19.6. The van der Waals surface area contributed by atoms with Crippen LogP contribution in [0.3, 0.4) is 0 Å². The van der Waals surface area contributed by atoms with Crippen molar-refractivity contribution >= 4 is 27.5 Å².